The number of benzene rings is 2. The molecule has 0 nitrogen and oxygen atoms in total. The summed E-state index contributed by atoms with van der Waals surface area (Å²) in [6.07, 6.45) is 1.00. The number of rotatable bonds is 2. The first-order valence-corrected chi connectivity index (χ1v) is 5.98. The maximum absolute atomic E-state index is 2.79. The molecule has 0 aromatic heterocycles. The molecule has 1 heteroatoms. The van der Waals surface area contributed by atoms with Crippen LogP contribution in [0.2, 0.25) is 0 Å². The Hall–Kier alpha value is -1.13. The maximum Gasteiger partial charge on any atom is -0.0122 e. The van der Waals surface area contributed by atoms with Crippen molar-refractivity contribution in [3.05, 3.63) is 59.7 Å². The quantitative estimate of drug-likeness (QED) is 0.662. The fourth-order valence-electron chi connectivity index (χ4n) is 1.79. The van der Waals surface area contributed by atoms with E-state index in [0.717, 1.165) is 6.16 Å². The van der Waals surface area contributed by atoms with Gasteiger partial charge < -0.3 is 0 Å². The Morgan fingerprint density at radius 2 is 1.80 bits per heavy atom. The molecule has 0 aliphatic heterocycles. The van der Waals surface area contributed by atoms with E-state index in [4.69, 9.17) is 0 Å². The van der Waals surface area contributed by atoms with Gasteiger partial charge in [0.15, 0.2) is 0 Å². The molecule has 0 fully saturated rings. The van der Waals surface area contributed by atoms with Crippen LogP contribution in [0.5, 0.6) is 0 Å². The van der Waals surface area contributed by atoms with Crippen molar-refractivity contribution < 1.29 is 0 Å². The SMILES string of the molecule is Cc1cccc(-c2ccccc2CP)c1. The van der Waals surface area contributed by atoms with Crippen molar-refractivity contribution >= 4 is 9.24 Å². The molecule has 76 valence electrons. The van der Waals surface area contributed by atoms with Gasteiger partial charge in [0.2, 0.25) is 0 Å². The van der Waals surface area contributed by atoms with E-state index in [1.54, 1.807) is 0 Å². The average molecular weight is 214 g/mol. The largest absolute Gasteiger partial charge is 0.133 e. The second-order valence-corrected chi connectivity index (χ2v) is 4.14. The Labute approximate surface area is 93.5 Å². The highest BCUT2D eigenvalue weighted by molar-refractivity contribution is 7.15. The van der Waals surface area contributed by atoms with Crippen molar-refractivity contribution in [2.75, 3.05) is 0 Å². The molecule has 0 N–H and O–H groups in total. The zero-order chi connectivity index (χ0) is 10.7. The minimum absolute atomic E-state index is 1.00. The van der Waals surface area contributed by atoms with E-state index >= 15 is 0 Å². The van der Waals surface area contributed by atoms with Crippen LogP contribution in [0.25, 0.3) is 11.1 Å². The van der Waals surface area contributed by atoms with Gasteiger partial charge in [0, 0.05) is 0 Å². The van der Waals surface area contributed by atoms with Gasteiger partial charge in [0.05, 0.1) is 0 Å². The maximum atomic E-state index is 2.79. The van der Waals surface area contributed by atoms with Gasteiger partial charge in [-0.2, -0.15) is 0 Å². The van der Waals surface area contributed by atoms with Gasteiger partial charge in [-0.3, -0.25) is 0 Å². The highest BCUT2D eigenvalue weighted by Gasteiger charge is 2.02. The second kappa shape index (κ2) is 4.59. The second-order valence-electron chi connectivity index (χ2n) is 3.73. The van der Waals surface area contributed by atoms with Gasteiger partial charge in [-0.25, -0.2) is 0 Å². The molecule has 15 heavy (non-hydrogen) atoms. The third-order valence-electron chi connectivity index (χ3n) is 2.57. The molecule has 0 bridgehead atoms. The van der Waals surface area contributed by atoms with Crippen LogP contribution in [0.1, 0.15) is 11.1 Å². The molecule has 0 aliphatic carbocycles. The lowest BCUT2D eigenvalue weighted by molar-refractivity contribution is 1.40. The average Bonchev–Trinajstić information content (AvgIpc) is 2.29. The van der Waals surface area contributed by atoms with E-state index in [-0.39, 0.29) is 0 Å². The van der Waals surface area contributed by atoms with Gasteiger partial charge in [-0.15, -0.1) is 9.24 Å². The third kappa shape index (κ3) is 2.27. The van der Waals surface area contributed by atoms with Gasteiger partial charge in [-0.05, 0) is 29.8 Å². The Balaban J connectivity index is 2.53. The summed E-state index contributed by atoms with van der Waals surface area (Å²) in [5, 5.41) is 0. The summed E-state index contributed by atoms with van der Waals surface area (Å²) >= 11 is 0. The third-order valence-corrected chi connectivity index (χ3v) is 3.01. The topological polar surface area (TPSA) is 0 Å². The molecular weight excluding hydrogens is 199 g/mol. The standard InChI is InChI=1S/C14H15P/c1-11-5-4-7-12(9-11)14-8-3-2-6-13(14)10-15/h2-9H,10,15H2,1H3. The molecule has 0 saturated heterocycles. The normalized spacial score (nSPS) is 10.3. The Kier molecular flexibility index (Phi) is 3.18. The molecule has 0 saturated carbocycles. The number of aryl methyl sites for hydroxylation is 1. The predicted octanol–water partition coefficient (Wildman–Crippen LogP) is 4.04. The van der Waals surface area contributed by atoms with E-state index < -0.39 is 0 Å². The van der Waals surface area contributed by atoms with Crippen LogP contribution in [-0.2, 0) is 6.16 Å². The molecule has 0 spiro atoms. The van der Waals surface area contributed by atoms with Crippen molar-refractivity contribution in [3.8, 4) is 11.1 Å². The lowest BCUT2D eigenvalue weighted by Gasteiger charge is -2.08. The molecule has 2 aromatic carbocycles. The molecule has 1 unspecified atom stereocenters. The van der Waals surface area contributed by atoms with Crippen molar-refractivity contribution in [1.82, 2.24) is 0 Å². The van der Waals surface area contributed by atoms with Crippen molar-refractivity contribution in [2.45, 2.75) is 13.1 Å². The van der Waals surface area contributed by atoms with E-state index in [1.165, 1.54) is 22.3 Å². The van der Waals surface area contributed by atoms with Crippen molar-refractivity contribution in [2.24, 2.45) is 0 Å². The summed E-state index contributed by atoms with van der Waals surface area (Å²) in [6, 6.07) is 17.2. The van der Waals surface area contributed by atoms with Gasteiger partial charge in [-0.1, -0.05) is 54.1 Å². The Morgan fingerprint density at radius 1 is 1.00 bits per heavy atom. The summed E-state index contributed by atoms with van der Waals surface area (Å²) in [7, 11) is 2.79. The van der Waals surface area contributed by atoms with Gasteiger partial charge in [0.25, 0.3) is 0 Å². The van der Waals surface area contributed by atoms with E-state index in [1.807, 2.05) is 0 Å². The van der Waals surface area contributed by atoms with Crippen LogP contribution >= 0.6 is 9.24 Å². The van der Waals surface area contributed by atoms with Crippen molar-refractivity contribution in [1.29, 1.82) is 0 Å². The van der Waals surface area contributed by atoms with Crippen LogP contribution in [0.3, 0.4) is 0 Å². The van der Waals surface area contributed by atoms with E-state index in [2.05, 4.69) is 64.7 Å². The fourth-order valence-corrected chi connectivity index (χ4v) is 2.15. The zero-order valence-electron chi connectivity index (χ0n) is 8.90. The Bertz CT molecular complexity index is 460. The summed E-state index contributed by atoms with van der Waals surface area (Å²) < 4.78 is 0. The minimum Gasteiger partial charge on any atom is -0.133 e. The Morgan fingerprint density at radius 3 is 2.53 bits per heavy atom. The zero-order valence-corrected chi connectivity index (χ0v) is 10.1. The lowest BCUT2D eigenvalue weighted by Crippen LogP contribution is -1.85. The minimum atomic E-state index is 1.00. The van der Waals surface area contributed by atoms with Gasteiger partial charge >= 0.3 is 0 Å². The van der Waals surface area contributed by atoms with Crippen LogP contribution in [0, 0.1) is 6.92 Å². The van der Waals surface area contributed by atoms with Crippen LogP contribution in [0.15, 0.2) is 48.5 Å². The first kappa shape index (κ1) is 10.4. The molecule has 0 radical (unpaired) electrons. The first-order valence-electron chi connectivity index (χ1n) is 5.16. The molecule has 0 heterocycles. The molecule has 2 rings (SSSR count). The highest BCUT2D eigenvalue weighted by Crippen LogP contribution is 2.25. The van der Waals surface area contributed by atoms with E-state index in [0.29, 0.717) is 0 Å². The summed E-state index contributed by atoms with van der Waals surface area (Å²) in [5.41, 5.74) is 5.35. The fraction of sp³-hybridized carbons (Fsp3) is 0.143. The van der Waals surface area contributed by atoms with Crippen molar-refractivity contribution in [3.63, 3.8) is 0 Å². The molecule has 0 amide bonds. The number of hydrogen-bond donors (Lipinski definition) is 0. The first-order chi connectivity index (χ1) is 7.31. The molecule has 2 aromatic rings. The number of hydrogen-bond acceptors (Lipinski definition) is 0. The predicted molar refractivity (Wildman–Crippen MR) is 70.0 cm³/mol. The van der Waals surface area contributed by atoms with Gasteiger partial charge in [0.1, 0.15) is 0 Å². The lowest BCUT2D eigenvalue weighted by atomic mass is 9.99. The van der Waals surface area contributed by atoms with Crippen LogP contribution in [-0.4, -0.2) is 0 Å². The summed E-state index contributed by atoms with van der Waals surface area (Å²) in [6.45, 7) is 2.13. The summed E-state index contributed by atoms with van der Waals surface area (Å²) in [4.78, 5) is 0. The summed E-state index contributed by atoms with van der Waals surface area (Å²) in [5.74, 6) is 0. The van der Waals surface area contributed by atoms with E-state index in [9.17, 15) is 0 Å². The molecular formula is C14H15P. The molecule has 0 aliphatic rings. The smallest absolute Gasteiger partial charge is 0.0122 e. The highest BCUT2D eigenvalue weighted by atomic mass is 31.0. The monoisotopic (exact) mass is 214 g/mol. The van der Waals surface area contributed by atoms with Crippen LogP contribution in [0.4, 0.5) is 0 Å². The molecule has 1 atom stereocenters. The van der Waals surface area contributed by atoms with Crippen LogP contribution < -0.4 is 0 Å².